The van der Waals surface area contributed by atoms with Gasteiger partial charge in [-0.1, -0.05) is 35.1 Å². The summed E-state index contributed by atoms with van der Waals surface area (Å²) < 4.78 is 0. The zero-order valence-electron chi connectivity index (χ0n) is 15.7. The predicted octanol–water partition coefficient (Wildman–Crippen LogP) is 4.89. The Morgan fingerprint density at radius 2 is 1.86 bits per heavy atom. The fourth-order valence-corrected chi connectivity index (χ4v) is 3.80. The van der Waals surface area contributed by atoms with E-state index in [1.165, 1.54) is 11.3 Å². The molecule has 0 saturated carbocycles. The number of aromatic nitrogens is 3. The van der Waals surface area contributed by atoms with E-state index in [-0.39, 0.29) is 5.91 Å². The Morgan fingerprint density at radius 3 is 2.55 bits per heavy atom. The van der Waals surface area contributed by atoms with Crippen LogP contribution in [0.5, 0.6) is 0 Å². The Hall–Kier alpha value is -2.87. The third kappa shape index (κ3) is 4.27. The van der Waals surface area contributed by atoms with Crippen molar-refractivity contribution in [3.8, 4) is 11.3 Å². The average molecular weight is 425 g/mol. The number of benzene rings is 1. The van der Waals surface area contributed by atoms with Crippen LogP contribution in [0.15, 0.2) is 54.7 Å². The minimum absolute atomic E-state index is 0.271. The second-order valence-corrected chi connectivity index (χ2v) is 8.36. The normalized spacial score (nSPS) is 11.6. The number of nitrogens with zero attached hydrogens (tertiary/aromatic N) is 3. The van der Waals surface area contributed by atoms with Crippen LogP contribution < -0.4 is 5.32 Å². The predicted molar refractivity (Wildman–Crippen MR) is 115 cm³/mol. The molecular formula is C21H17ClN4O2S. The molecular weight excluding hydrogens is 408 g/mol. The number of carbonyl (C=O) groups excluding carboxylic acids is 1. The first-order valence-corrected chi connectivity index (χ1v) is 10.0. The van der Waals surface area contributed by atoms with E-state index in [1.807, 2.05) is 18.2 Å². The van der Waals surface area contributed by atoms with E-state index in [0.717, 1.165) is 16.8 Å². The first kappa shape index (κ1) is 19.4. The largest absolute Gasteiger partial charge is 0.386 e. The third-order valence-corrected chi connectivity index (χ3v) is 5.44. The van der Waals surface area contributed by atoms with Crippen LogP contribution in [0.1, 0.15) is 29.8 Å². The van der Waals surface area contributed by atoms with E-state index < -0.39 is 5.60 Å². The number of nitrogens with one attached hydrogen (secondary N) is 1. The highest BCUT2D eigenvalue weighted by Crippen LogP contribution is 2.28. The molecule has 0 aliphatic carbocycles. The standard InChI is InChI=1S/C21H17ClN4O2S/c1-21(2,28)14-5-3-12(4-6-14)18(27)26-20-25-16-8-7-15(24-19(16)29-20)13-9-10-23-17(22)11-13/h3-11,28H,1-2H3,(H,25,26,27). The quantitative estimate of drug-likeness (QED) is 0.455. The molecule has 4 rings (SSSR count). The van der Waals surface area contributed by atoms with E-state index in [9.17, 15) is 9.90 Å². The van der Waals surface area contributed by atoms with E-state index in [4.69, 9.17) is 11.6 Å². The van der Waals surface area contributed by atoms with Gasteiger partial charge in [-0.05, 0) is 55.8 Å². The lowest BCUT2D eigenvalue weighted by molar-refractivity contribution is 0.0785. The van der Waals surface area contributed by atoms with Gasteiger partial charge in [-0.15, -0.1) is 0 Å². The maximum atomic E-state index is 12.5. The lowest BCUT2D eigenvalue weighted by atomic mass is 9.97. The minimum atomic E-state index is -0.954. The number of fused-ring (bicyclic) bond motifs is 1. The molecule has 0 fully saturated rings. The Kier molecular flexibility index (Phi) is 5.04. The summed E-state index contributed by atoms with van der Waals surface area (Å²) in [5.74, 6) is -0.271. The maximum absolute atomic E-state index is 12.5. The molecule has 146 valence electrons. The summed E-state index contributed by atoms with van der Waals surface area (Å²) >= 11 is 7.26. The van der Waals surface area contributed by atoms with Crippen LogP contribution in [0.25, 0.3) is 21.6 Å². The molecule has 6 nitrogen and oxygen atoms in total. The van der Waals surface area contributed by atoms with Crippen molar-refractivity contribution in [1.29, 1.82) is 0 Å². The molecule has 0 spiro atoms. The van der Waals surface area contributed by atoms with Gasteiger partial charge in [-0.25, -0.2) is 15.0 Å². The van der Waals surface area contributed by atoms with Crippen LogP contribution >= 0.6 is 22.9 Å². The van der Waals surface area contributed by atoms with Gasteiger partial charge < -0.3 is 5.11 Å². The highest BCUT2D eigenvalue weighted by molar-refractivity contribution is 7.22. The number of aliphatic hydroxyl groups is 1. The van der Waals surface area contributed by atoms with E-state index in [2.05, 4.69) is 20.3 Å². The van der Waals surface area contributed by atoms with Crippen molar-refractivity contribution < 1.29 is 9.90 Å². The number of hydrogen-bond donors (Lipinski definition) is 2. The monoisotopic (exact) mass is 424 g/mol. The Bertz CT molecular complexity index is 1200. The molecule has 0 saturated heterocycles. The zero-order chi connectivity index (χ0) is 20.6. The number of anilines is 1. The van der Waals surface area contributed by atoms with Crippen molar-refractivity contribution >= 4 is 44.3 Å². The van der Waals surface area contributed by atoms with Crippen LogP contribution in [0.2, 0.25) is 5.15 Å². The molecule has 3 aromatic heterocycles. The zero-order valence-corrected chi connectivity index (χ0v) is 17.3. The van der Waals surface area contributed by atoms with Gasteiger partial charge in [0.05, 0.1) is 11.3 Å². The Labute approximate surface area is 176 Å². The second kappa shape index (κ2) is 7.51. The van der Waals surface area contributed by atoms with Gasteiger partial charge >= 0.3 is 0 Å². The number of rotatable bonds is 4. The number of pyridine rings is 2. The lowest BCUT2D eigenvalue weighted by Crippen LogP contribution is -2.16. The van der Waals surface area contributed by atoms with Crippen LogP contribution in [-0.4, -0.2) is 26.0 Å². The molecule has 1 aromatic carbocycles. The smallest absolute Gasteiger partial charge is 0.257 e. The van der Waals surface area contributed by atoms with Gasteiger partial charge in [-0.2, -0.15) is 0 Å². The lowest BCUT2D eigenvalue weighted by Gasteiger charge is -2.17. The molecule has 0 radical (unpaired) electrons. The van der Waals surface area contributed by atoms with Crippen LogP contribution in [0.3, 0.4) is 0 Å². The molecule has 8 heteroatoms. The number of halogens is 1. The van der Waals surface area contributed by atoms with Crippen molar-refractivity contribution in [2.45, 2.75) is 19.4 Å². The molecule has 1 amide bonds. The number of amides is 1. The number of carbonyl (C=O) groups is 1. The van der Waals surface area contributed by atoms with Gasteiger partial charge in [-0.3, -0.25) is 10.1 Å². The van der Waals surface area contributed by atoms with Crippen molar-refractivity contribution in [3.63, 3.8) is 0 Å². The summed E-state index contributed by atoms with van der Waals surface area (Å²) in [4.78, 5) is 26.3. The van der Waals surface area contributed by atoms with Crippen molar-refractivity contribution in [3.05, 3.63) is 71.0 Å². The molecule has 3 heterocycles. The molecule has 0 unspecified atom stereocenters. The molecule has 4 aromatic rings. The van der Waals surface area contributed by atoms with Gasteiger partial charge in [0.25, 0.3) is 5.91 Å². The molecule has 0 atom stereocenters. The summed E-state index contributed by atoms with van der Waals surface area (Å²) in [5, 5.41) is 13.7. The average Bonchev–Trinajstić information content (AvgIpc) is 3.08. The first-order chi connectivity index (χ1) is 13.8. The Balaban J connectivity index is 1.56. The second-order valence-electron chi connectivity index (χ2n) is 7.00. The summed E-state index contributed by atoms with van der Waals surface area (Å²) in [6.07, 6.45) is 1.63. The minimum Gasteiger partial charge on any atom is -0.386 e. The molecule has 29 heavy (non-hydrogen) atoms. The Morgan fingerprint density at radius 1 is 1.10 bits per heavy atom. The maximum Gasteiger partial charge on any atom is 0.257 e. The van der Waals surface area contributed by atoms with E-state index in [1.54, 1.807) is 50.4 Å². The first-order valence-electron chi connectivity index (χ1n) is 8.83. The van der Waals surface area contributed by atoms with Crippen molar-refractivity contribution in [1.82, 2.24) is 15.0 Å². The van der Waals surface area contributed by atoms with Gasteiger partial charge in [0, 0.05) is 17.3 Å². The molecule has 0 aliphatic heterocycles. The molecule has 0 aliphatic rings. The van der Waals surface area contributed by atoms with Crippen LogP contribution in [-0.2, 0) is 5.60 Å². The van der Waals surface area contributed by atoms with Gasteiger partial charge in [0.15, 0.2) is 5.13 Å². The van der Waals surface area contributed by atoms with Crippen molar-refractivity contribution in [2.24, 2.45) is 0 Å². The fourth-order valence-electron chi connectivity index (χ4n) is 2.79. The molecule has 2 N–H and O–H groups in total. The van der Waals surface area contributed by atoms with Gasteiger partial charge in [0.2, 0.25) is 0 Å². The summed E-state index contributed by atoms with van der Waals surface area (Å²) in [7, 11) is 0. The number of hydrogen-bond acceptors (Lipinski definition) is 6. The summed E-state index contributed by atoms with van der Waals surface area (Å²) in [6, 6.07) is 14.1. The van der Waals surface area contributed by atoms with Gasteiger partial charge in [0.1, 0.15) is 15.5 Å². The van der Waals surface area contributed by atoms with E-state index >= 15 is 0 Å². The fraction of sp³-hybridized carbons (Fsp3) is 0.143. The highest BCUT2D eigenvalue weighted by Gasteiger charge is 2.17. The van der Waals surface area contributed by atoms with Crippen LogP contribution in [0, 0.1) is 0 Å². The van der Waals surface area contributed by atoms with E-state index in [0.29, 0.717) is 26.2 Å². The number of thiazole rings is 1. The summed E-state index contributed by atoms with van der Waals surface area (Å²) in [6.45, 7) is 3.40. The SMILES string of the molecule is CC(C)(O)c1ccc(C(=O)Nc2nc3ccc(-c4ccnc(Cl)c4)nc3s2)cc1. The topological polar surface area (TPSA) is 88.0 Å². The van der Waals surface area contributed by atoms with Crippen molar-refractivity contribution in [2.75, 3.05) is 5.32 Å². The van der Waals surface area contributed by atoms with Crippen LogP contribution in [0.4, 0.5) is 5.13 Å². The summed E-state index contributed by atoms with van der Waals surface area (Å²) in [5.41, 5.74) is 2.58. The molecule has 0 bridgehead atoms. The highest BCUT2D eigenvalue weighted by atomic mass is 35.5. The third-order valence-electron chi connectivity index (χ3n) is 4.35.